The molecular weight excluding hydrogens is 222 g/mol. The second-order valence-electron chi connectivity index (χ2n) is 6.44. The van der Waals surface area contributed by atoms with Gasteiger partial charge in [0, 0.05) is 12.2 Å². The lowest BCUT2D eigenvalue weighted by Crippen LogP contribution is -2.36. The Morgan fingerprint density at radius 2 is 2.11 bits per heavy atom. The van der Waals surface area contributed by atoms with Gasteiger partial charge in [-0.2, -0.15) is 5.10 Å². The van der Waals surface area contributed by atoms with Crippen LogP contribution in [0.4, 0.5) is 0 Å². The highest BCUT2D eigenvalue weighted by Gasteiger charge is 2.33. The van der Waals surface area contributed by atoms with Crippen molar-refractivity contribution < 1.29 is 0 Å². The number of nitrogens with two attached hydrogens (primary N) is 1. The van der Waals surface area contributed by atoms with Crippen LogP contribution < -0.4 is 5.73 Å². The van der Waals surface area contributed by atoms with E-state index in [2.05, 4.69) is 38.1 Å². The Kier molecular flexibility index (Phi) is 4.10. The van der Waals surface area contributed by atoms with Crippen LogP contribution in [0.25, 0.3) is 0 Å². The van der Waals surface area contributed by atoms with Crippen LogP contribution in [0.5, 0.6) is 0 Å². The van der Waals surface area contributed by atoms with Gasteiger partial charge in [-0.1, -0.05) is 19.8 Å². The Labute approximate surface area is 111 Å². The summed E-state index contributed by atoms with van der Waals surface area (Å²) in [7, 11) is 0. The zero-order valence-electron chi connectivity index (χ0n) is 12.0. The monoisotopic (exact) mass is 249 g/mol. The molecule has 1 fully saturated rings. The van der Waals surface area contributed by atoms with Gasteiger partial charge >= 0.3 is 0 Å². The molecule has 1 aliphatic rings. The first-order valence-electron chi connectivity index (χ1n) is 7.29. The number of hydrogen-bond acceptors (Lipinski definition) is 2. The molecule has 0 bridgehead atoms. The summed E-state index contributed by atoms with van der Waals surface area (Å²) in [6.07, 6.45) is 8.31. The molecule has 0 atom stereocenters. The molecule has 3 heteroatoms. The quantitative estimate of drug-likeness (QED) is 0.890. The highest BCUT2D eigenvalue weighted by molar-refractivity contribution is 5.05. The standard InChI is InChI=1S/C15H27N3/c1-12(2)18-9-6-14(17-18)10-15(11-16)7-4-13(3)5-8-15/h6,9,12-13H,4-5,7-8,10-11,16H2,1-3H3. The van der Waals surface area contributed by atoms with E-state index in [4.69, 9.17) is 5.73 Å². The fraction of sp³-hybridized carbons (Fsp3) is 0.800. The topological polar surface area (TPSA) is 43.8 Å². The molecule has 1 aromatic rings. The third kappa shape index (κ3) is 2.94. The van der Waals surface area contributed by atoms with Gasteiger partial charge in [0.05, 0.1) is 5.69 Å². The minimum atomic E-state index is 0.308. The Morgan fingerprint density at radius 3 is 2.61 bits per heavy atom. The van der Waals surface area contributed by atoms with Crippen LogP contribution in [0.1, 0.15) is 58.2 Å². The Morgan fingerprint density at radius 1 is 1.44 bits per heavy atom. The SMILES string of the molecule is CC1CCC(CN)(Cc2ccn(C(C)C)n2)CC1. The van der Waals surface area contributed by atoms with Crippen LogP contribution in [0, 0.1) is 11.3 Å². The van der Waals surface area contributed by atoms with Gasteiger partial charge in [0.2, 0.25) is 0 Å². The van der Waals surface area contributed by atoms with Crippen molar-refractivity contribution in [3.05, 3.63) is 18.0 Å². The zero-order chi connectivity index (χ0) is 13.2. The summed E-state index contributed by atoms with van der Waals surface area (Å²) in [5.41, 5.74) is 7.58. The molecule has 0 aromatic carbocycles. The molecule has 0 saturated heterocycles. The summed E-state index contributed by atoms with van der Waals surface area (Å²) >= 11 is 0. The number of hydrogen-bond donors (Lipinski definition) is 1. The van der Waals surface area contributed by atoms with E-state index in [0.29, 0.717) is 11.5 Å². The highest BCUT2D eigenvalue weighted by atomic mass is 15.3. The fourth-order valence-corrected chi connectivity index (χ4v) is 2.97. The average molecular weight is 249 g/mol. The number of rotatable bonds is 4. The van der Waals surface area contributed by atoms with E-state index in [1.807, 2.05) is 4.68 Å². The lowest BCUT2D eigenvalue weighted by atomic mass is 9.68. The molecule has 1 aliphatic carbocycles. The predicted octanol–water partition coefficient (Wildman–Crippen LogP) is 3.16. The summed E-state index contributed by atoms with van der Waals surface area (Å²) in [6, 6.07) is 2.61. The molecule has 0 spiro atoms. The summed E-state index contributed by atoms with van der Waals surface area (Å²) < 4.78 is 2.05. The highest BCUT2D eigenvalue weighted by Crippen LogP contribution is 2.40. The largest absolute Gasteiger partial charge is 0.330 e. The van der Waals surface area contributed by atoms with Gasteiger partial charge in [0.25, 0.3) is 0 Å². The smallest absolute Gasteiger partial charge is 0.0630 e. The third-order valence-electron chi connectivity index (χ3n) is 4.52. The minimum Gasteiger partial charge on any atom is -0.330 e. The Bertz CT molecular complexity index is 373. The van der Waals surface area contributed by atoms with Crippen LogP contribution in [0.15, 0.2) is 12.3 Å². The lowest BCUT2D eigenvalue weighted by Gasteiger charge is -2.38. The zero-order valence-corrected chi connectivity index (χ0v) is 12.0. The number of aromatic nitrogens is 2. The Balaban J connectivity index is 2.05. The van der Waals surface area contributed by atoms with Crippen molar-refractivity contribution in [3.8, 4) is 0 Å². The first kappa shape index (κ1) is 13.6. The van der Waals surface area contributed by atoms with E-state index in [0.717, 1.165) is 18.9 Å². The maximum Gasteiger partial charge on any atom is 0.0630 e. The van der Waals surface area contributed by atoms with Crippen molar-refractivity contribution in [2.24, 2.45) is 17.1 Å². The normalized spacial score (nSPS) is 28.8. The molecule has 1 aromatic heterocycles. The van der Waals surface area contributed by atoms with E-state index < -0.39 is 0 Å². The molecule has 102 valence electrons. The summed E-state index contributed by atoms with van der Waals surface area (Å²) in [5.74, 6) is 0.873. The van der Waals surface area contributed by atoms with Gasteiger partial charge in [-0.3, -0.25) is 4.68 Å². The maximum atomic E-state index is 6.06. The predicted molar refractivity (Wildman–Crippen MR) is 75.4 cm³/mol. The van der Waals surface area contributed by atoms with Crippen molar-refractivity contribution in [1.29, 1.82) is 0 Å². The van der Waals surface area contributed by atoms with Crippen molar-refractivity contribution in [3.63, 3.8) is 0 Å². The van der Waals surface area contributed by atoms with E-state index in [1.165, 1.54) is 31.4 Å². The van der Waals surface area contributed by atoms with Gasteiger partial charge in [-0.25, -0.2) is 0 Å². The first-order chi connectivity index (χ1) is 8.54. The van der Waals surface area contributed by atoms with Crippen molar-refractivity contribution in [2.75, 3.05) is 6.54 Å². The molecule has 0 amide bonds. The molecule has 2 rings (SSSR count). The van der Waals surface area contributed by atoms with Crippen molar-refractivity contribution >= 4 is 0 Å². The second kappa shape index (κ2) is 5.43. The van der Waals surface area contributed by atoms with E-state index in [9.17, 15) is 0 Å². The molecule has 18 heavy (non-hydrogen) atoms. The van der Waals surface area contributed by atoms with Crippen LogP contribution in [-0.4, -0.2) is 16.3 Å². The molecular formula is C15H27N3. The summed E-state index contributed by atoms with van der Waals surface area (Å²) in [5, 5.41) is 4.68. The fourth-order valence-electron chi connectivity index (χ4n) is 2.97. The average Bonchev–Trinajstić information content (AvgIpc) is 2.81. The first-order valence-corrected chi connectivity index (χ1v) is 7.29. The van der Waals surface area contributed by atoms with Crippen molar-refractivity contribution in [1.82, 2.24) is 9.78 Å². The van der Waals surface area contributed by atoms with Crippen LogP contribution >= 0.6 is 0 Å². The molecule has 0 unspecified atom stereocenters. The van der Waals surface area contributed by atoms with Crippen LogP contribution in [-0.2, 0) is 6.42 Å². The van der Waals surface area contributed by atoms with E-state index in [1.54, 1.807) is 0 Å². The molecule has 1 heterocycles. The maximum absolute atomic E-state index is 6.06. The lowest BCUT2D eigenvalue weighted by molar-refractivity contribution is 0.161. The summed E-state index contributed by atoms with van der Waals surface area (Å²) in [4.78, 5) is 0. The van der Waals surface area contributed by atoms with Gasteiger partial charge in [0.15, 0.2) is 0 Å². The molecule has 2 N–H and O–H groups in total. The van der Waals surface area contributed by atoms with Gasteiger partial charge in [0.1, 0.15) is 0 Å². The molecule has 0 radical (unpaired) electrons. The third-order valence-corrected chi connectivity index (χ3v) is 4.52. The van der Waals surface area contributed by atoms with Gasteiger partial charge < -0.3 is 5.73 Å². The van der Waals surface area contributed by atoms with E-state index in [-0.39, 0.29) is 0 Å². The second-order valence-corrected chi connectivity index (χ2v) is 6.44. The molecule has 1 saturated carbocycles. The van der Waals surface area contributed by atoms with E-state index >= 15 is 0 Å². The Hall–Kier alpha value is -0.830. The molecule has 3 nitrogen and oxygen atoms in total. The van der Waals surface area contributed by atoms with Crippen LogP contribution in [0.2, 0.25) is 0 Å². The van der Waals surface area contributed by atoms with Crippen molar-refractivity contribution in [2.45, 2.75) is 58.9 Å². The number of nitrogens with zero attached hydrogens (tertiary/aromatic N) is 2. The minimum absolute atomic E-state index is 0.308. The van der Waals surface area contributed by atoms with Crippen LogP contribution in [0.3, 0.4) is 0 Å². The van der Waals surface area contributed by atoms with Gasteiger partial charge in [-0.15, -0.1) is 0 Å². The van der Waals surface area contributed by atoms with Gasteiger partial charge in [-0.05, 0) is 57.1 Å². The molecule has 0 aliphatic heterocycles. The summed E-state index contributed by atoms with van der Waals surface area (Å²) in [6.45, 7) is 7.48.